The van der Waals surface area contributed by atoms with Crippen LogP contribution in [0.15, 0.2) is 28.7 Å². The van der Waals surface area contributed by atoms with Crippen LogP contribution >= 0.6 is 0 Å². The molecule has 0 saturated heterocycles. The zero-order valence-electron chi connectivity index (χ0n) is 29.4. The number of hydrogen-bond acceptors (Lipinski definition) is 7. The molecule has 8 atom stereocenters. The third kappa shape index (κ3) is 19.9. The summed E-state index contributed by atoms with van der Waals surface area (Å²) in [6, 6.07) is -1.40. The van der Waals surface area contributed by atoms with Gasteiger partial charge in [0.25, 0.3) is 6.43 Å². The van der Waals surface area contributed by atoms with E-state index < -0.39 is 55.3 Å². The molecule has 0 bridgehead atoms. The first-order valence-electron chi connectivity index (χ1n) is 17.6. The van der Waals surface area contributed by atoms with E-state index >= 15 is 0 Å². The van der Waals surface area contributed by atoms with Crippen LogP contribution in [0.1, 0.15) is 111 Å². The normalized spacial score (nSPS) is 18.2. The molecule has 0 aliphatic heterocycles. The summed E-state index contributed by atoms with van der Waals surface area (Å²) >= 11 is 0. The molecule has 0 rings (SSSR count). The molecule has 0 amide bonds. The van der Waals surface area contributed by atoms with Gasteiger partial charge in [0.15, 0.2) is 0 Å². The van der Waals surface area contributed by atoms with Gasteiger partial charge in [0.1, 0.15) is 6.23 Å². The maximum Gasteiger partial charge on any atom is 0.257 e. The van der Waals surface area contributed by atoms with Gasteiger partial charge in [-0.15, -0.1) is 0 Å². The third-order valence-corrected chi connectivity index (χ3v) is 9.06. The van der Waals surface area contributed by atoms with E-state index in [1.165, 1.54) is 6.92 Å². The number of nitrogens with zero attached hydrogens (tertiary/aromatic N) is 1. The average molecular weight is 684 g/mol. The number of nitrogens with two attached hydrogens (primary N) is 3. The highest BCUT2D eigenvalue weighted by molar-refractivity contribution is 5.87. The number of allylic oxidation sites excluding steroid dienone is 2. The Labute approximate surface area is 281 Å². The molecule has 0 spiro atoms. The van der Waals surface area contributed by atoms with Crippen LogP contribution in [-0.4, -0.2) is 73.2 Å². The van der Waals surface area contributed by atoms with Crippen molar-refractivity contribution in [2.75, 3.05) is 26.3 Å². The number of alkyl halides is 4. The van der Waals surface area contributed by atoms with Gasteiger partial charge < -0.3 is 32.7 Å². The standard InChI is InChI=1S/C35H66F5N5O2/c1-6-8-14-30(33(42)34(39)40)25(5)44-21-29(46)22-45-32(19-26(17-23(3)37)18-24(4)38)28(12-9-10-16-41)13-11-15-31(35(43)47)27(7-2)20-36/h24,26-29,31,33-35,44,46-47H,3,6-22,41-43H2,1-2,4-5H3/b30-25-,45-32?/t24?,26?,27-,28+,29-,31-,33?,35?/m1/s1. The fourth-order valence-electron chi connectivity index (χ4n) is 6.29. The van der Waals surface area contributed by atoms with Crippen LogP contribution in [0.5, 0.6) is 0 Å². The Bertz CT molecular complexity index is 886. The summed E-state index contributed by atoms with van der Waals surface area (Å²) in [5.41, 5.74) is 19.0. The van der Waals surface area contributed by atoms with Gasteiger partial charge in [-0.3, -0.25) is 9.38 Å². The molecule has 0 radical (unpaired) electrons. The lowest BCUT2D eigenvalue weighted by Gasteiger charge is -2.28. The summed E-state index contributed by atoms with van der Waals surface area (Å²) in [6.07, 6.45) is 0.955. The van der Waals surface area contributed by atoms with E-state index in [4.69, 9.17) is 22.2 Å². The zero-order valence-corrected chi connectivity index (χ0v) is 29.4. The monoisotopic (exact) mass is 684 g/mol. The number of hydrogen-bond donors (Lipinski definition) is 6. The van der Waals surface area contributed by atoms with Gasteiger partial charge in [0.2, 0.25) is 0 Å². The van der Waals surface area contributed by atoms with E-state index in [1.807, 2.05) is 13.8 Å². The van der Waals surface area contributed by atoms with Gasteiger partial charge in [-0.25, -0.2) is 17.6 Å². The summed E-state index contributed by atoms with van der Waals surface area (Å²) in [7, 11) is 0. The summed E-state index contributed by atoms with van der Waals surface area (Å²) < 4.78 is 68.7. The lowest BCUT2D eigenvalue weighted by Crippen LogP contribution is -2.36. The zero-order chi connectivity index (χ0) is 35.9. The Morgan fingerprint density at radius 2 is 1.64 bits per heavy atom. The van der Waals surface area contributed by atoms with Crippen molar-refractivity contribution in [2.45, 2.75) is 142 Å². The predicted octanol–water partition coefficient (Wildman–Crippen LogP) is 6.87. The molecule has 0 aliphatic carbocycles. The molecule has 0 aromatic heterocycles. The highest BCUT2D eigenvalue weighted by Crippen LogP contribution is 2.30. The van der Waals surface area contributed by atoms with E-state index in [1.54, 1.807) is 6.92 Å². The predicted molar refractivity (Wildman–Crippen MR) is 184 cm³/mol. The number of unbranched alkanes of at least 4 members (excludes halogenated alkanes) is 2. The third-order valence-electron chi connectivity index (χ3n) is 9.06. The first kappa shape index (κ1) is 45.4. The second-order valence-corrected chi connectivity index (χ2v) is 13.2. The van der Waals surface area contributed by atoms with Gasteiger partial charge in [-0.2, -0.15) is 0 Å². The molecular formula is C35H66F5N5O2. The summed E-state index contributed by atoms with van der Waals surface area (Å²) in [6.45, 7) is 10.3. The number of aliphatic hydroxyl groups is 2. The molecule has 0 aliphatic rings. The second kappa shape index (κ2) is 26.3. The van der Waals surface area contributed by atoms with Crippen molar-refractivity contribution in [3.05, 3.63) is 23.7 Å². The van der Waals surface area contributed by atoms with Crippen LogP contribution in [-0.2, 0) is 0 Å². The average Bonchev–Trinajstić information content (AvgIpc) is 3.00. The van der Waals surface area contributed by atoms with Gasteiger partial charge in [0.05, 0.1) is 37.4 Å². The van der Waals surface area contributed by atoms with Gasteiger partial charge in [-0.05, 0) is 95.1 Å². The van der Waals surface area contributed by atoms with Gasteiger partial charge >= 0.3 is 0 Å². The van der Waals surface area contributed by atoms with E-state index in [9.17, 15) is 32.2 Å². The minimum absolute atomic E-state index is 0.00738. The van der Waals surface area contributed by atoms with E-state index in [0.29, 0.717) is 69.2 Å². The van der Waals surface area contributed by atoms with Crippen molar-refractivity contribution in [3.63, 3.8) is 0 Å². The van der Waals surface area contributed by atoms with Crippen molar-refractivity contribution in [1.29, 1.82) is 0 Å². The van der Waals surface area contributed by atoms with Crippen LogP contribution in [0.25, 0.3) is 0 Å². The fraction of sp³-hybridized carbons (Fsp3) is 0.857. The lowest BCUT2D eigenvalue weighted by atomic mass is 9.81. The number of aliphatic imine (C=N–C) groups is 1. The van der Waals surface area contributed by atoms with Crippen LogP contribution in [0.2, 0.25) is 0 Å². The Hall–Kier alpha value is -1.60. The van der Waals surface area contributed by atoms with Crippen LogP contribution in [0, 0.1) is 23.7 Å². The largest absolute Gasteiger partial charge is 0.389 e. The Morgan fingerprint density at radius 1 is 0.979 bits per heavy atom. The first-order valence-corrected chi connectivity index (χ1v) is 17.6. The lowest BCUT2D eigenvalue weighted by molar-refractivity contribution is 0.0583. The molecular weight excluding hydrogens is 617 g/mol. The smallest absolute Gasteiger partial charge is 0.257 e. The molecule has 0 aromatic rings. The van der Waals surface area contributed by atoms with Gasteiger partial charge in [0, 0.05) is 30.3 Å². The molecule has 7 nitrogen and oxygen atoms in total. The second-order valence-electron chi connectivity index (χ2n) is 13.2. The topological polar surface area (TPSA) is 143 Å². The van der Waals surface area contributed by atoms with Crippen molar-refractivity contribution in [2.24, 2.45) is 45.9 Å². The quantitative estimate of drug-likeness (QED) is 0.0220. The Balaban J connectivity index is 6.21. The van der Waals surface area contributed by atoms with E-state index in [2.05, 4.69) is 11.9 Å². The van der Waals surface area contributed by atoms with Crippen LogP contribution in [0.3, 0.4) is 0 Å². The molecule has 12 heteroatoms. The van der Waals surface area contributed by atoms with Crippen LogP contribution < -0.4 is 22.5 Å². The molecule has 0 fully saturated rings. The van der Waals surface area contributed by atoms with E-state index in [-0.39, 0.29) is 37.8 Å². The molecule has 0 heterocycles. The Kier molecular flexibility index (Phi) is 25.4. The molecule has 47 heavy (non-hydrogen) atoms. The van der Waals surface area contributed by atoms with Crippen molar-refractivity contribution < 1.29 is 32.2 Å². The molecule has 278 valence electrons. The molecule has 4 unspecified atom stereocenters. The maximum atomic E-state index is 14.2. The fourth-order valence-corrected chi connectivity index (χ4v) is 6.29. The summed E-state index contributed by atoms with van der Waals surface area (Å²) in [5.74, 6) is -1.80. The minimum atomic E-state index is -2.71. The number of halogens is 5. The minimum Gasteiger partial charge on any atom is -0.389 e. The number of nitrogens with one attached hydrogen (secondary N) is 1. The van der Waals surface area contributed by atoms with Crippen molar-refractivity contribution in [1.82, 2.24) is 5.32 Å². The van der Waals surface area contributed by atoms with Crippen molar-refractivity contribution in [3.8, 4) is 0 Å². The number of aliphatic hydroxyl groups excluding tert-OH is 2. The highest BCUT2D eigenvalue weighted by Gasteiger charge is 2.27. The molecule has 0 saturated carbocycles. The molecule has 9 N–H and O–H groups in total. The first-order chi connectivity index (χ1) is 22.2. The highest BCUT2D eigenvalue weighted by atomic mass is 19.3. The van der Waals surface area contributed by atoms with Crippen LogP contribution in [0.4, 0.5) is 22.0 Å². The number of rotatable bonds is 29. The summed E-state index contributed by atoms with van der Waals surface area (Å²) in [4.78, 5) is 4.82. The Morgan fingerprint density at radius 3 is 2.15 bits per heavy atom. The van der Waals surface area contributed by atoms with E-state index in [0.717, 1.165) is 25.0 Å². The van der Waals surface area contributed by atoms with Gasteiger partial charge in [-0.1, -0.05) is 46.1 Å². The summed E-state index contributed by atoms with van der Waals surface area (Å²) in [5, 5.41) is 24.1. The molecule has 0 aromatic carbocycles. The maximum absolute atomic E-state index is 14.2. The SMILES string of the molecule is C=C(F)CC(CC(=NC[C@H](O)CN/C(C)=C(/CCCC)C(N)C(F)F)[C@@H](CCCCN)CCC[C@@H](C(N)O)[C@H](CC)CF)CC(C)F. The van der Waals surface area contributed by atoms with Crippen molar-refractivity contribution >= 4 is 5.71 Å².